The molecule has 0 radical (unpaired) electrons. The Morgan fingerprint density at radius 3 is 1.68 bits per heavy atom. The molecule has 1 unspecified atom stereocenters. The van der Waals surface area contributed by atoms with Crippen molar-refractivity contribution in [2.75, 3.05) is 13.2 Å². The largest absolute Gasteiger partial charge is 0.391 e. The third kappa shape index (κ3) is 17.9. The van der Waals surface area contributed by atoms with Gasteiger partial charge in [0.25, 0.3) is 0 Å². The highest BCUT2D eigenvalue weighted by Crippen LogP contribution is 2.11. The Morgan fingerprint density at radius 1 is 0.737 bits per heavy atom. The van der Waals surface area contributed by atoms with E-state index in [0.717, 1.165) is 6.42 Å². The summed E-state index contributed by atoms with van der Waals surface area (Å²) in [5, 5.41) is 8.94. The van der Waals surface area contributed by atoms with Crippen molar-refractivity contribution >= 4 is 0 Å². The molecule has 1 atom stereocenters. The van der Waals surface area contributed by atoms with Crippen molar-refractivity contribution in [2.24, 2.45) is 0 Å². The molecule has 0 saturated carbocycles. The van der Waals surface area contributed by atoms with Crippen LogP contribution in [0.5, 0.6) is 0 Å². The second kappa shape index (κ2) is 15.9. The zero-order valence-corrected chi connectivity index (χ0v) is 13.0. The standard InChI is InChI=1S/C16H34O3/c1-3-4-5-6-7-8-9-10-11-12-13-14-18-19-15-16(2)17/h16-17H,3-15H2,1-2H3. The molecule has 0 saturated heterocycles. The van der Waals surface area contributed by atoms with E-state index in [0.29, 0.717) is 6.61 Å². The van der Waals surface area contributed by atoms with E-state index in [1.165, 1.54) is 64.2 Å². The van der Waals surface area contributed by atoms with Gasteiger partial charge in [0.15, 0.2) is 0 Å². The lowest BCUT2D eigenvalue weighted by Crippen LogP contribution is -2.11. The number of rotatable bonds is 15. The van der Waals surface area contributed by atoms with Crippen LogP contribution in [0.4, 0.5) is 0 Å². The highest BCUT2D eigenvalue weighted by atomic mass is 17.2. The molecular formula is C16H34O3. The van der Waals surface area contributed by atoms with E-state index in [4.69, 9.17) is 14.9 Å². The van der Waals surface area contributed by atoms with E-state index in [9.17, 15) is 0 Å². The fourth-order valence-electron chi connectivity index (χ4n) is 2.03. The van der Waals surface area contributed by atoms with Crippen LogP contribution in [0.25, 0.3) is 0 Å². The third-order valence-corrected chi connectivity index (χ3v) is 3.22. The Bertz CT molecular complexity index is 160. The number of aliphatic hydroxyl groups excluding tert-OH is 1. The van der Waals surface area contributed by atoms with E-state index in [2.05, 4.69) is 6.92 Å². The summed E-state index contributed by atoms with van der Waals surface area (Å²) >= 11 is 0. The number of aliphatic hydroxyl groups is 1. The summed E-state index contributed by atoms with van der Waals surface area (Å²) in [6.45, 7) is 4.85. The van der Waals surface area contributed by atoms with Gasteiger partial charge in [-0.15, -0.1) is 0 Å². The van der Waals surface area contributed by atoms with E-state index in [1.54, 1.807) is 6.92 Å². The van der Waals surface area contributed by atoms with Crippen LogP contribution in [0, 0.1) is 0 Å². The van der Waals surface area contributed by atoms with Crippen LogP contribution >= 0.6 is 0 Å². The van der Waals surface area contributed by atoms with Crippen molar-refractivity contribution in [2.45, 2.75) is 90.6 Å². The first-order valence-corrected chi connectivity index (χ1v) is 8.19. The molecule has 0 aromatic heterocycles. The van der Waals surface area contributed by atoms with Crippen molar-refractivity contribution < 1.29 is 14.9 Å². The molecule has 0 bridgehead atoms. The molecule has 0 aliphatic heterocycles. The quantitative estimate of drug-likeness (QED) is 0.269. The zero-order chi connectivity index (χ0) is 14.2. The first-order chi connectivity index (χ1) is 9.27. The number of hydrogen-bond donors (Lipinski definition) is 1. The van der Waals surface area contributed by atoms with Gasteiger partial charge in [0.1, 0.15) is 6.61 Å². The first-order valence-electron chi connectivity index (χ1n) is 8.19. The van der Waals surface area contributed by atoms with Crippen molar-refractivity contribution in [3.63, 3.8) is 0 Å². The zero-order valence-electron chi connectivity index (χ0n) is 13.0. The molecule has 0 rings (SSSR count). The van der Waals surface area contributed by atoms with Gasteiger partial charge >= 0.3 is 0 Å². The van der Waals surface area contributed by atoms with Gasteiger partial charge < -0.3 is 5.11 Å². The molecule has 1 N–H and O–H groups in total. The summed E-state index contributed by atoms with van der Waals surface area (Å²) in [6.07, 6.45) is 14.2. The van der Waals surface area contributed by atoms with Crippen molar-refractivity contribution in [1.82, 2.24) is 0 Å². The molecule has 0 amide bonds. The second-order valence-corrected chi connectivity index (χ2v) is 5.49. The van der Waals surface area contributed by atoms with Crippen LogP contribution in [0.2, 0.25) is 0 Å². The molecule has 0 aliphatic carbocycles. The Kier molecular flexibility index (Phi) is 15.8. The van der Waals surface area contributed by atoms with Crippen LogP contribution in [0.15, 0.2) is 0 Å². The molecule has 0 heterocycles. The summed E-state index contributed by atoms with van der Waals surface area (Å²) < 4.78 is 0. The van der Waals surface area contributed by atoms with Gasteiger partial charge in [-0.3, -0.25) is 0 Å². The van der Waals surface area contributed by atoms with Gasteiger partial charge in [-0.1, -0.05) is 71.1 Å². The van der Waals surface area contributed by atoms with Gasteiger partial charge in [-0.25, -0.2) is 9.78 Å². The van der Waals surface area contributed by atoms with Crippen LogP contribution in [-0.4, -0.2) is 24.4 Å². The minimum atomic E-state index is -0.447. The number of hydrogen-bond acceptors (Lipinski definition) is 3. The number of unbranched alkanes of at least 4 members (excludes halogenated alkanes) is 10. The van der Waals surface area contributed by atoms with Crippen molar-refractivity contribution in [3.8, 4) is 0 Å². The predicted octanol–water partition coefficient (Wildman–Crippen LogP) is 4.63. The molecule has 0 aromatic carbocycles. The van der Waals surface area contributed by atoms with Gasteiger partial charge in [0.05, 0.1) is 12.7 Å². The van der Waals surface area contributed by atoms with Gasteiger partial charge in [0.2, 0.25) is 0 Å². The van der Waals surface area contributed by atoms with E-state index < -0.39 is 6.10 Å². The summed E-state index contributed by atoms with van der Waals surface area (Å²) in [5.41, 5.74) is 0. The molecule has 0 aliphatic rings. The topological polar surface area (TPSA) is 38.7 Å². The van der Waals surface area contributed by atoms with E-state index >= 15 is 0 Å². The molecular weight excluding hydrogens is 240 g/mol. The molecule has 0 spiro atoms. The highest BCUT2D eigenvalue weighted by molar-refractivity contribution is 4.47. The molecule has 116 valence electrons. The summed E-state index contributed by atoms with van der Waals surface area (Å²) in [6, 6.07) is 0. The average Bonchev–Trinajstić information content (AvgIpc) is 2.39. The lowest BCUT2D eigenvalue weighted by Gasteiger charge is -2.05. The fourth-order valence-corrected chi connectivity index (χ4v) is 2.03. The van der Waals surface area contributed by atoms with Crippen LogP contribution < -0.4 is 0 Å². The summed E-state index contributed by atoms with van der Waals surface area (Å²) in [7, 11) is 0. The van der Waals surface area contributed by atoms with Gasteiger partial charge in [-0.05, 0) is 13.3 Å². The van der Waals surface area contributed by atoms with Crippen molar-refractivity contribution in [1.29, 1.82) is 0 Å². The van der Waals surface area contributed by atoms with E-state index in [-0.39, 0.29) is 6.61 Å². The average molecular weight is 274 g/mol. The first kappa shape index (κ1) is 18.9. The van der Waals surface area contributed by atoms with Crippen LogP contribution in [0.3, 0.4) is 0 Å². The lowest BCUT2D eigenvalue weighted by molar-refractivity contribution is -0.304. The Balaban J connectivity index is 2.91. The SMILES string of the molecule is CCCCCCCCCCCCCOOCC(C)O. The Labute approximate surface area is 119 Å². The maximum absolute atomic E-state index is 8.94. The minimum absolute atomic E-state index is 0.262. The highest BCUT2D eigenvalue weighted by Gasteiger charge is 1.96. The lowest BCUT2D eigenvalue weighted by atomic mass is 10.1. The van der Waals surface area contributed by atoms with Gasteiger partial charge in [0, 0.05) is 0 Å². The Hall–Kier alpha value is -0.120. The smallest absolute Gasteiger partial charge is 0.108 e. The van der Waals surface area contributed by atoms with Gasteiger partial charge in [-0.2, -0.15) is 0 Å². The maximum Gasteiger partial charge on any atom is 0.108 e. The summed E-state index contributed by atoms with van der Waals surface area (Å²) in [5.74, 6) is 0. The monoisotopic (exact) mass is 274 g/mol. The third-order valence-electron chi connectivity index (χ3n) is 3.22. The molecule has 3 heteroatoms. The molecule has 0 aromatic rings. The normalized spacial score (nSPS) is 12.8. The Morgan fingerprint density at radius 2 is 1.21 bits per heavy atom. The fraction of sp³-hybridized carbons (Fsp3) is 1.00. The molecule has 0 fully saturated rings. The second-order valence-electron chi connectivity index (χ2n) is 5.49. The predicted molar refractivity (Wildman–Crippen MR) is 80.0 cm³/mol. The molecule has 19 heavy (non-hydrogen) atoms. The minimum Gasteiger partial charge on any atom is -0.391 e. The van der Waals surface area contributed by atoms with Crippen LogP contribution in [0.1, 0.15) is 84.5 Å². The van der Waals surface area contributed by atoms with Crippen molar-refractivity contribution in [3.05, 3.63) is 0 Å². The van der Waals surface area contributed by atoms with E-state index in [1.807, 2.05) is 0 Å². The maximum atomic E-state index is 8.94. The van der Waals surface area contributed by atoms with Crippen LogP contribution in [-0.2, 0) is 9.78 Å². The molecule has 3 nitrogen and oxygen atoms in total. The summed E-state index contributed by atoms with van der Waals surface area (Å²) in [4.78, 5) is 9.80.